The monoisotopic (exact) mass is 501 g/mol. The predicted octanol–water partition coefficient (Wildman–Crippen LogP) is 4.30. The molecule has 2 aromatic heterocycles. The number of hydrogen-bond donors (Lipinski definition) is 3. The average Bonchev–Trinajstić information content (AvgIpc) is 3.18. The van der Waals surface area contributed by atoms with Crippen LogP contribution in [0.2, 0.25) is 0 Å². The number of aryl methyl sites for hydroxylation is 1. The number of carbonyl (C=O) groups excluding carboxylic acids is 1. The second-order valence-corrected chi connectivity index (χ2v) is 9.18. The summed E-state index contributed by atoms with van der Waals surface area (Å²) in [5.74, 6) is 1.59. The Morgan fingerprint density at radius 3 is 2.81 bits per heavy atom. The normalized spacial score (nSPS) is 13.8. The van der Waals surface area contributed by atoms with Gasteiger partial charge < -0.3 is 29.6 Å². The molecule has 1 atom stereocenters. The zero-order chi connectivity index (χ0) is 25.8. The number of carbonyl (C=O) groups is 1. The molecule has 5 rings (SSSR count). The number of rotatable bonds is 8. The molecular weight excluding hydrogens is 470 g/mol. The Kier molecular flexibility index (Phi) is 7.28. The van der Waals surface area contributed by atoms with Crippen LogP contribution < -0.4 is 19.5 Å². The number of benzene rings is 2. The number of aromatic nitrogens is 2. The molecule has 8 heteroatoms. The Balaban J connectivity index is 1.47. The second-order valence-electron chi connectivity index (χ2n) is 9.18. The Bertz CT molecular complexity index is 1410. The fourth-order valence-electron chi connectivity index (χ4n) is 4.87. The van der Waals surface area contributed by atoms with Crippen LogP contribution in [0.25, 0.3) is 22.0 Å². The summed E-state index contributed by atoms with van der Waals surface area (Å²) >= 11 is 0. The molecule has 1 aliphatic rings. The predicted molar refractivity (Wildman–Crippen MR) is 142 cm³/mol. The minimum atomic E-state index is -0.474. The Hall–Kier alpha value is -4.04. The first kappa shape index (κ1) is 24.6. The van der Waals surface area contributed by atoms with Crippen LogP contribution in [0.3, 0.4) is 0 Å². The molecular formula is C29H31N3O5. The van der Waals surface area contributed by atoms with Crippen molar-refractivity contribution in [1.29, 1.82) is 0 Å². The van der Waals surface area contributed by atoms with Crippen molar-refractivity contribution >= 4 is 16.8 Å². The average molecular weight is 502 g/mol. The van der Waals surface area contributed by atoms with E-state index in [9.17, 15) is 9.90 Å². The molecule has 192 valence electrons. The van der Waals surface area contributed by atoms with Gasteiger partial charge in [0.05, 0.1) is 39.0 Å². The van der Waals surface area contributed by atoms with Crippen molar-refractivity contribution in [1.82, 2.24) is 15.3 Å². The van der Waals surface area contributed by atoms with Crippen molar-refractivity contribution in [3.63, 3.8) is 0 Å². The molecule has 1 aliphatic heterocycles. The number of aromatic amines is 1. The van der Waals surface area contributed by atoms with E-state index in [4.69, 9.17) is 14.2 Å². The van der Waals surface area contributed by atoms with Crippen molar-refractivity contribution in [2.45, 2.75) is 31.7 Å². The molecule has 2 aromatic carbocycles. The van der Waals surface area contributed by atoms with Crippen LogP contribution in [-0.2, 0) is 12.8 Å². The quantitative estimate of drug-likeness (QED) is 0.333. The highest BCUT2D eigenvalue weighted by molar-refractivity contribution is 5.99. The van der Waals surface area contributed by atoms with E-state index < -0.39 is 6.04 Å². The Labute approximate surface area is 215 Å². The van der Waals surface area contributed by atoms with Crippen LogP contribution in [0.1, 0.15) is 34.3 Å². The zero-order valence-electron chi connectivity index (χ0n) is 21.0. The van der Waals surface area contributed by atoms with Crippen LogP contribution in [0.15, 0.2) is 55.0 Å². The fraction of sp³-hybridized carbons (Fsp3) is 0.310. The van der Waals surface area contributed by atoms with Gasteiger partial charge in [0.1, 0.15) is 5.75 Å². The standard InChI is InChI=1S/C29H31N3O5/c1-35-26-7-6-18(14-27(26)36-2)20-11-19-5-3-4-10-37-28(19)23(13-20)29(34)32-22(17-33)12-21-15-31-25-8-9-30-16-24(21)25/h6-9,11,13-16,22,31,33H,3-5,10,12,17H2,1-2H3,(H,32,34). The van der Waals surface area contributed by atoms with Gasteiger partial charge in [-0.05, 0) is 78.3 Å². The summed E-state index contributed by atoms with van der Waals surface area (Å²) < 4.78 is 16.9. The number of hydrogen-bond acceptors (Lipinski definition) is 6. The van der Waals surface area contributed by atoms with Gasteiger partial charge in [-0.25, -0.2) is 0 Å². The lowest BCUT2D eigenvalue weighted by molar-refractivity contribution is 0.0912. The summed E-state index contributed by atoms with van der Waals surface area (Å²) in [6.07, 6.45) is 8.61. The first-order chi connectivity index (χ1) is 18.1. The first-order valence-corrected chi connectivity index (χ1v) is 12.4. The third kappa shape index (κ3) is 5.11. The highest BCUT2D eigenvalue weighted by Gasteiger charge is 2.23. The number of amides is 1. The smallest absolute Gasteiger partial charge is 0.255 e. The zero-order valence-corrected chi connectivity index (χ0v) is 21.0. The highest BCUT2D eigenvalue weighted by Crippen LogP contribution is 2.37. The number of nitrogens with one attached hydrogen (secondary N) is 2. The summed E-state index contributed by atoms with van der Waals surface area (Å²) in [7, 11) is 3.20. The van der Waals surface area contributed by atoms with Crippen molar-refractivity contribution in [3.05, 3.63) is 71.7 Å². The van der Waals surface area contributed by atoms with E-state index in [1.165, 1.54) is 0 Å². The number of nitrogens with zero attached hydrogens (tertiary/aromatic N) is 1. The van der Waals surface area contributed by atoms with Crippen molar-refractivity contribution < 1.29 is 24.1 Å². The van der Waals surface area contributed by atoms with E-state index in [1.807, 2.05) is 36.5 Å². The van der Waals surface area contributed by atoms with Gasteiger partial charge in [-0.1, -0.05) is 6.07 Å². The number of aliphatic hydroxyl groups is 1. The highest BCUT2D eigenvalue weighted by atomic mass is 16.5. The molecule has 0 aliphatic carbocycles. The van der Waals surface area contributed by atoms with E-state index in [1.54, 1.807) is 26.6 Å². The van der Waals surface area contributed by atoms with Gasteiger partial charge >= 0.3 is 0 Å². The number of aliphatic hydroxyl groups excluding tert-OH is 1. The maximum atomic E-state index is 13.6. The number of methoxy groups -OCH3 is 2. The van der Waals surface area contributed by atoms with Gasteiger partial charge in [0.25, 0.3) is 5.91 Å². The van der Waals surface area contributed by atoms with Gasteiger partial charge in [0, 0.05) is 29.5 Å². The third-order valence-corrected chi connectivity index (χ3v) is 6.81. The molecule has 37 heavy (non-hydrogen) atoms. The molecule has 0 spiro atoms. The molecule has 3 heterocycles. The molecule has 3 N–H and O–H groups in total. The molecule has 8 nitrogen and oxygen atoms in total. The molecule has 0 saturated carbocycles. The second kappa shape index (κ2) is 10.9. The Morgan fingerprint density at radius 2 is 2.00 bits per heavy atom. The number of pyridine rings is 1. The Morgan fingerprint density at radius 1 is 1.14 bits per heavy atom. The summed E-state index contributed by atoms with van der Waals surface area (Å²) in [4.78, 5) is 21.1. The lowest BCUT2D eigenvalue weighted by Crippen LogP contribution is -2.39. The van der Waals surface area contributed by atoms with Crippen LogP contribution in [-0.4, -0.2) is 54.5 Å². The van der Waals surface area contributed by atoms with Crippen molar-refractivity contribution in [3.8, 4) is 28.4 Å². The van der Waals surface area contributed by atoms with Crippen LogP contribution in [0.4, 0.5) is 0 Å². The van der Waals surface area contributed by atoms with Crippen LogP contribution in [0.5, 0.6) is 17.2 Å². The first-order valence-electron chi connectivity index (χ1n) is 12.4. The van der Waals surface area contributed by atoms with Crippen molar-refractivity contribution in [2.24, 2.45) is 0 Å². The number of fused-ring (bicyclic) bond motifs is 2. The topological polar surface area (TPSA) is 106 Å². The molecule has 1 unspecified atom stereocenters. The van der Waals surface area contributed by atoms with Gasteiger partial charge in [-0.15, -0.1) is 0 Å². The summed E-state index contributed by atoms with van der Waals surface area (Å²) in [6.45, 7) is 0.367. The van der Waals surface area contributed by atoms with E-state index in [2.05, 4.69) is 21.4 Å². The fourth-order valence-corrected chi connectivity index (χ4v) is 4.87. The lowest BCUT2D eigenvalue weighted by atomic mass is 9.95. The SMILES string of the molecule is COc1ccc(-c2cc3c(c(C(=O)NC(CO)Cc4c[nH]c5ccncc45)c2)OCCCC3)cc1OC. The molecule has 0 saturated heterocycles. The summed E-state index contributed by atoms with van der Waals surface area (Å²) in [6, 6.07) is 11.1. The maximum absolute atomic E-state index is 13.6. The van der Waals surface area contributed by atoms with Gasteiger partial charge in [0.2, 0.25) is 0 Å². The van der Waals surface area contributed by atoms with Gasteiger partial charge in [-0.3, -0.25) is 9.78 Å². The summed E-state index contributed by atoms with van der Waals surface area (Å²) in [5, 5.41) is 14.1. The minimum Gasteiger partial charge on any atom is -0.493 e. The molecule has 0 fully saturated rings. The minimum absolute atomic E-state index is 0.197. The number of H-pyrrole nitrogens is 1. The molecule has 1 amide bonds. The largest absolute Gasteiger partial charge is 0.493 e. The van der Waals surface area contributed by atoms with Crippen molar-refractivity contribution in [2.75, 3.05) is 27.4 Å². The summed E-state index contributed by atoms with van der Waals surface area (Å²) in [5.41, 5.74) is 5.20. The van der Waals surface area contributed by atoms with Gasteiger partial charge in [-0.2, -0.15) is 0 Å². The molecule has 0 radical (unpaired) electrons. The lowest BCUT2D eigenvalue weighted by Gasteiger charge is -2.20. The van der Waals surface area contributed by atoms with E-state index in [-0.39, 0.29) is 12.5 Å². The maximum Gasteiger partial charge on any atom is 0.255 e. The van der Waals surface area contributed by atoms with E-state index in [0.717, 1.165) is 52.4 Å². The van der Waals surface area contributed by atoms with Crippen LogP contribution in [0, 0.1) is 0 Å². The van der Waals surface area contributed by atoms with E-state index in [0.29, 0.717) is 35.8 Å². The third-order valence-electron chi connectivity index (χ3n) is 6.81. The van der Waals surface area contributed by atoms with Gasteiger partial charge in [0.15, 0.2) is 11.5 Å². The molecule has 4 aromatic rings. The van der Waals surface area contributed by atoms with Crippen LogP contribution >= 0.6 is 0 Å². The number of ether oxygens (including phenoxy) is 3. The molecule has 0 bridgehead atoms. The van der Waals surface area contributed by atoms with E-state index >= 15 is 0 Å².